The van der Waals surface area contributed by atoms with Gasteiger partial charge in [-0.3, -0.25) is 0 Å². The fraction of sp³-hybridized carbons (Fsp3) is 0.667. The summed E-state index contributed by atoms with van der Waals surface area (Å²) in [6.45, 7) is 7.75. The predicted octanol–water partition coefficient (Wildman–Crippen LogP) is 3.86. The Morgan fingerprint density at radius 1 is 1.10 bits per heavy atom. The smallest absolute Gasteiger partial charge is 0.118 e. The van der Waals surface area contributed by atoms with E-state index in [1.807, 2.05) is 12.1 Å². The molecule has 0 aliphatic rings. The molecule has 0 saturated carbocycles. The van der Waals surface area contributed by atoms with Gasteiger partial charge in [-0.25, -0.2) is 0 Å². The SMILES string of the molecule is CCCCCN(C)CC(NCCC)c1ccc(OC)cc1. The molecule has 1 atom stereocenters. The van der Waals surface area contributed by atoms with Crippen LogP contribution < -0.4 is 10.1 Å². The number of methoxy groups -OCH3 is 1. The molecular formula is C18H32N2O. The minimum atomic E-state index is 0.391. The number of benzene rings is 1. The number of likely N-dealkylation sites (N-methyl/N-ethyl adjacent to an activating group) is 1. The van der Waals surface area contributed by atoms with E-state index in [2.05, 4.69) is 43.2 Å². The van der Waals surface area contributed by atoms with Gasteiger partial charge in [-0.1, -0.05) is 38.8 Å². The number of ether oxygens (including phenoxy) is 1. The maximum atomic E-state index is 5.25. The van der Waals surface area contributed by atoms with E-state index in [1.165, 1.54) is 31.4 Å². The van der Waals surface area contributed by atoms with Gasteiger partial charge in [0.25, 0.3) is 0 Å². The lowest BCUT2D eigenvalue weighted by molar-refractivity contribution is 0.284. The summed E-state index contributed by atoms with van der Waals surface area (Å²) in [6, 6.07) is 8.83. The highest BCUT2D eigenvalue weighted by Gasteiger charge is 2.13. The van der Waals surface area contributed by atoms with E-state index < -0.39 is 0 Å². The maximum Gasteiger partial charge on any atom is 0.118 e. The molecule has 1 unspecified atom stereocenters. The normalized spacial score (nSPS) is 12.6. The second-order valence-electron chi connectivity index (χ2n) is 5.75. The van der Waals surface area contributed by atoms with Crippen molar-refractivity contribution in [1.29, 1.82) is 0 Å². The standard InChI is InChI=1S/C18H32N2O/c1-5-7-8-14-20(3)15-18(19-13-6-2)16-9-11-17(21-4)12-10-16/h9-12,18-19H,5-8,13-15H2,1-4H3. The van der Waals surface area contributed by atoms with E-state index >= 15 is 0 Å². The van der Waals surface area contributed by atoms with Gasteiger partial charge in [0, 0.05) is 12.6 Å². The van der Waals surface area contributed by atoms with Crippen LogP contribution in [-0.2, 0) is 0 Å². The van der Waals surface area contributed by atoms with Crippen LogP contribution in [0.1, 0.15) is 51.1 Å². The van der Waals surface area contributed by atoms with Crippen molar-refractivity contribution in [3.05, 3.63) is 29.8 Å². The zero-order valence-corrected chi connectivity index (χ0v) is 14.2. The number of rotatable bonds is 11. The Bertz CT molecular complexity index is 364. The molecular weight excluding hydrogens is 260 g/mol. The van der Waals surface area contributed by atoms with Gasteiger partial charge in [0.15, 0.2) is 0 Å². The number of nitrogens with zero attached hydrogens (tertiary/aromatic N) is 1. The summed E-state index contributed by atoms with van der Waals surface area (Å²) in [5.74, 6) is 0.921. The van der Waals surface area contributed by atoms with Crippen molar-refractivity contribution < 1.29 is 4.74 Å². The molecule has 0 aliphatic heterocycles. The van der Waals surface area contributed by atoms with Crippen LogP contribution in [0.4, 0.5) is 0 Å². The largest absolute Gasteiger partial charge is 0.497 e. The van der Waals surface area contributed by atoms with E-state index in [9.17, 15) is 0 Å². The monoisotopic (exact) mass is 292 g/mol. The zero-order chi connectivity index (χ0) is 15.5. The first-order chi connectivity index (χ1) is 10.2. The Kier molecular flexibility index (Phi) is 9.11. The number of hydrogen-bond acceptors (Lipinski definition) is 3. The second-order valence-corrected chi connectivity index (χ2v) is 5.75. The third-order valence-electron chi connectivity index (χ3n) is 3.80. The van der Waals surface area contributed by atoms with Crippen molar-refractivity contribution in [2.24, 2.45) is 0 Å². The molecule has 1 aromatic rings. The number of hydrogen-bond donors (Lipinski definition) is 1. The van der Waals surface area contributed by atoms with Crippen LogP contribution in [-0.4, -0.2) is 38.7 Å². The fourth-order valence-corrected chi connectivity index (χ4v) is 2.48. The quantitative estimate of drug-likeness (QED) is 0.627. The van der Waals surface area contributed by atoms with Crippen molar-refractivity contribution in [1.82, 2.24) is 10.2 Å². The van der Waals surface area contributed by atoms with E-state index in [0.29, 0.717) is 6.04 Å². The Labute approximate surface area is 130 Å². The summed E-state index contributed by atoms with van der Waals surface area (Å²) in [6.07, 6.45) is 5.05. The molecule has 0 fully saturated rings. The van der Waals surface area contributed by atoms with Crippen LogP contribution in [0.3, 0.4) is 0 Å². The molecule has 3 nitrogen and oxygen atoms in total. The molecule has 0 aliphatic carbocycles. The number of nitrogens with one attached hydrogen (secondary N) is 1. The van der Waals surface area contributed by atoms with Gasteiger partial charge in [-0.15, -0.1) is 0 Å². The first-order valence-corrected chi connectivity index (χ1v) is 8.27. The summed E-state index contributed by atoms with van der Waals surface area (Å²) >= 11 is 0. The van der Waals surface area contributed by atoms with Gasteiger partial charge in [0.1, 0.15) is 5.75 Å². The highest BCUT2D eigenvalue weighted by atomic mass is 16.5. The molecule has 0 saturated heterocycles. The third kappa shape index (κ3) is 6.96. The average molecular weight is 292 g/mol. The number of unbranched alkanes of at least 4 members (excludes halogenated alkanes) is 2. The van der Waals surface area contributed by atoms with Crippen LogP contribution in [0.15, 0.2) is 24.3 Å². The van der Waals surface area contributed by atoms with Gasteiger partial charge in [0.2, 0.25) is 0 Å². The zero-order valence-electron chi connectivity index (χ0n) is 14.2. The molecule has 21 heavy (non-hydrogen) atoms. The third-order valence-corrected chi connectivity index (χ3v) is 3.80. The molecule has 0 aromatic heterocycles. The molecule has 0 radical (unpaired) electrons. The molecule has 120 valence electrons. The lowest BCUT2D eigenvalue weighted by Crippen LogP contribution is -2.34. The van der Waals surface area contributed by atoms with Crippen molar-refractivity contribution in [2.75, 3.05) is 33.8 Å². The van der Waals surface area contributed by atoms with Gasteiger partial charge < -0.3 is 15.0 Å². The molecule has 0 heterocycles. The van der Waals surface area contributed by atoms with Crippen molar-refractivity contribution >= 4 is 0 Å². The topological polar surface area (TPSA) is 24.5 Å². The summed E-state index contributed by atoms with van der Waals surface area (Å²) < 4.78 is 5.25. The Balaban J connectivity index is 2.60. The molecule has 0 amide bonds. The average Bonchev–Trinajstić information content (AvgIpc) is 2.52. The van der Waals surface area contributed by atoms with Crippen LogP contribution >= 0.6 is 0 Å². The van der Waals surface area contributed by atoms with Gasteiger partial charge in [-0.2, -0.15) is 0 Å². The van der Waals surface area contributed by atoms with Crippen LogP contribution in [0, 0.1) is 0 Å². The highest BCUT2D eigenvalue weighted by molar-refractivity contribution is 5.29. The Morgan fingerprint density at radius 3 is 2.38 bits per heavy atom. The van der Waals surface area contributed by atoms with Gasteiger partial charge in [-0.05, 0) is 50.7 Å². The summed E-state index contributed by atoms with van der Waals surface area (Å²) in [7, 11) is 3.93. The van der Waals surface area contributed by atoms with Gasteiger partial charge in [0.05, 0.1) is 7.11 Å². The van der Waals surface area contributed by atoms with Gasteiger partial charge >= 0.3 is 0 Å². The molecule has 1 rings (SSSR count). The lowest BCUT2D eigenvalue weighted by atomic mass is 10.1. The molecule has 1 N–H and O–H groups in total. The second kappa shape index (κ2) is 10.6. The fourth-order valence-electron chi connectivity index (χ4n) is 2.48. The van der Waals surface area contributed by atoms with E-state index in [4.69, 9.17) is 4.74 Å². The first-order valence-electron chi connectivity index (χ1n) is 8.27. The van der Waals surface area contributed by atoms with Crippen LogP contribution in [0.2, 0.25) is 0 Å². The molecule has 3 heteroatoms. The Hall–Kier alpha value is -1.06. The van der Waals surface area contributed by atoms with Crippen LogP contribution in [0.25, 0.3) is 0 Å². The van der Waals surface area contributed by atoms with E-state index in [1.54, 1.807) is 7.11 Å². The maximum absolute atomic E-state index is 5.25. The van der Waals surface area contributed by atoms with Crippen LogP contribution in [0.5, 0.6) is 5.75 Å². The van der Waals surface area contributed by atoms with E-state index in [0.717, 1.165) is 25.3 Å². The first kappa shape index (κ1) is 18.0. The summed E-state index contributed by atoms with van der Waals surface area (Å²) in [5.41, 5.74) is 1.34. The molecule has 0 spiro atoms. The summed E-state index contributed by atoms with van der Waals surface area (Å²) in [5, 5.41) is 3.66. The highest BCUT2D eigenvalue weighted by Crippen LogP contribution is 2.18. The van der Waals surface area contributed by atoms with Crippen molar-refractivity contribution in [3.8, 4) is 5.75 Å². The van der Waals surface area contributed by atoms with Crippen molar-refractivity contribution in [3.63, 3.8) is 0 Å². The van der Waals surface area contributed by atoms with E-state index in [-0.39, 0.29) is 0 Å². The molecule has 1 aromatic carbocycles. The lowest BCUT2D eigenvalue weighted by Gasteiger charge is -2.25. The minimum Gasteiger partial charge on any atom is -0.497 e. The summed E-state index contributed by atoms with van der Waals surface area (Å²) in [4.78, 5) is 2.44. The Morgan fingerprint density at radius 2 is 1.81 bits per heavy atom. The van der Waals surface area contributed by atoms with Crippen molar-refractivity contribution in [2.45, 2.75) is 45.6 Å². The minimum absolute atomic E-state index is 0.391. The predicted molar refractivity (Wildman–Crippen MR) is 91.1 cm³/mol. The molecule has 0 bridgehead atoms.